The van der Waals surface area contributed by atoms with Crippen molar-refractivity contribution < 1.29 is 9.84 Å². The van der Waals surface area contributed by atoms with E-state index in [4.69, 9.17) is 4.74 Å². The molecule has 0 saturated carbocycles. The minimum absolute atomic E-state index is 0.329. The molecular weight excluding hydrogens is 248 g/mol. The summed E-state index contributed by atoms with van der Waals surface area (Å²) in [5.41, 5.74) is 0.329. The number of hydrogen-bond donors (Lipinski definition) is 1. The predicted molar refractivity (Wildman–Crippen MR) is 87.7 cm³/mol. The van der Waals surface area contributed by atoms with Crippen LogP contribution in [0.4, 0.5) is 0 Å². The number of rotatable bonds is 11. The number of ether oxygens (including phenoxy) is 1. The van der Waals surface area contributed by atoms with Gasteiger partial charge in [0.05, 0.1) is 0 Å². The normalized spacial score (nSPS) is 15.6. The third kappa shape index (κ3) is 14.3. The third-order valence-electron chi connectivity index (χ3n) is 3.55. The summed E-state index contributed by atoms with van der Waals surface area (Å²) in [6.45, 7) is 14.2. The van der Waals surface area contributed by atoms with Crippen LogP contribution in [0.15, 0.2) is 0 Å². The van der Waals surface area contributed by atoms with Gasteiger partial charge >= 0.3 is 0 Å². The van der Waals surface area contributed by atoms with Gasteiger partial charge in [0.1, 0.15) is 0 Å². The lowest BCUT2D eigenvalue weighted by molar-refractivity contribution is -0.112. The Morgan fingerprint density at radius 1 is 0.950 bits per heavy atom. The summed E-state index contributed by atoms with van der Waals surface area (Å²) in [6, 6.07) is 0. The molecule has 0 amide bonds. The SMILES string of the molecule is CC(C)CCCCCCOC(O)CC(C)CC(C)(C)C. The minimum atomic E-state index is -0.581. The smallest absolute Gasteiger partial charge is 0.154 e. The van der Waals surface area contributed by atoms with Crippen LogP contribution in [-0.4, -0.2) is 18.0 Å². The second kappa shape index (κ2) is 10.6. The van der Waals surface area contributed by atoms with Gasteiger partial charge in [-0.05, 0) is 30.1 Å². The van der Waals surface area contributed by atoms with Crippen LogP contribution >= 0.6 is 0 Å². The highest BCUT2D eigenvalue weighted by Gasteiger charge is 2.18. The van der Waals surface area contributed by atoms with Gasteiger partial charge in [-0.15, -0.1) is 0 Å². The predicted octanol–water partition coefficient (Wildman–Crippen LogP) is 5.39. The van der Waals surface area contributed by atoms with E-state index in [-0.39, 0.29) is 0 Å². The molecule has 0 radical (unpaired) electrons. The first-order chi connectivity index (χ1) is 9.20. The van der Waals surface area contributed by atoms with Crippen molar-refractivity contribution >= 4 is 0 Å². The molecule has 2 atom stereocenters. The van der Waals surface area contributed by atoms with Gasteiger partial charge in [0.2, 0.25) is 0 Å². The first-order valence-electron chi connectivity index (χ1n) is 8.50. The van der Waals surface area contributed by atoms with Crippen molar-refractivity contribution in [1.82, 2.24) is 0 Å². The monoisotopic (exact) mass is 286 g/mol. The van der Waals surface area contributed by atoms with Crippen molar-refractivity contribution in [2.45, 2.75) is 92.8 Å². The highest BCUT2D eigenvalue weighted by Crippen LogP contribution is 2.26. The molecule has 122 valence electrons. The molecule has 0 bridgehead atoms. The zero-order valence-electron chi connectivity index (χ0n) is 14.7. The number of unbranched alkanes of at least 4 members (excludes halogenated alkanes) is 3. The van der Waals surface area contributed by atoms with Crippen LogP contribution in [0, 0.1) is 17.3 Å². The van der Waals surface area contributed by atoms with Crippen molar-refractivity contribution in [3.05, 3.63) is 0 Å². The van der Waals surface area contributed by atoms with E-state index in [1.807, 2.05) is 0 Å². The lowest BCUT2D eigenvalue weighted by Crippen LogP contribution is -2.19. The second-order valence-electron chi connectivity index (χ2n) is 8.03. The summed E-state index contributed by atoms with van der Waals surface area (Å²) in [6.07, 6.45) is 7.53. The van der Waals surface area contributed by atoms with Gasteiger partial charge in [-0.25, -0.2) is 0 Å². The van der Waals surface area contributed by atoms with Crippen LogP contribution in [0.1, 0.15) is 86.5 Å². The maximum absolute atomic E-state index is 9.87. The lowest BCUT2D eigenvalue weighted by atomic mass is 9.84. The fourth-order valence-corrected chi connectivity index (χ4v) is 2.77. The van der Waals surface area contributed by atoms with Gasteiger partial charge in [-0.3, -0.25) is 0 Å². The van der Waals surface area contributed by atoms with E-state index in [1.54, 1.807) is 0 Å². The summed E-state index contributed by atoms with van der Waals surface area (Å²) in [4.78, 5) is 0. The lowest BCUT2D eigenvalue weighted by Gasteiger charge is -2.24. The largest absolute Gasteiger partial charge is 0.368 e. The molecule has 0 aromatic rings. The molecule has 0 heterocycles. The molecule has 20 heavy (non-hydrogen) atoms. The van der Waals surface area contributed by atoms with Gasteiger partial charge < -0.3 is 9.84 Å². The molecule has 0 rings (SSSR count). The fraction of sp³-hybridized carbons (Fsp3) is 1.00. The molecule has 0 aliphatic carbocycles. The molecule has 2 unspecified atom stereocenters. The minimum Gasteiger partial charge on any atom is -0.368 e. The van der Waals surface area contributed by atoms with Crippen molar-refractivity contribution in [1.29, 1.82) is 0 Å². The van der Waals surface area contributed by atoms with Crippen molar-refractivity contribution in [2.75, 3.05) is 6.61 Å². The van der Waals surface area contributed by atoms with Crippen LogP contribution in [0.3, 0.4) is 0 Å². The van der Waals surface area contributed by atoms with Crippen molar-refractivity contribution in [3.8, 4) is 0 Å². The summed E-state index contributed by atoms with van der Waals surface area (Å²) < 4.78 is 5.51. The van der Waals surface area contributed by atoms with E-state index in [9.17, 15) is 5.11 Å². The average molecular weight is 286 g/mol. The molecule has 1 N–H and O–H groups in total. The Kier molecular flexibility index (Phi) is 10.6. The molecule has 2 heteroatoms. The summed E-state index contributed by atoms with van der Waals surface area (Å²) in [5, 5.41) is 9.87. The number of aliphatic hydroxyl groups excluding tert-OH is 1. The van der Waals surface area contributed by atoms with Crippen molar-refractivity contribution in [2.24, 2.45) is 17.3 Å². The molecule has 0 aliphatic heterocycles. The van der Waals surface area contributed by atoms with Gasteiger partial charge in [-0.1, -0.05) is 67.2 Å². The number of hydrogen-bond acceptors (Lipinski definition) is 2. The summed E-state index contributed by atoms with van der Waals surface area (Å²) in [5.74, 6) is 1.33. The Morgan fingerprint density at radius 2 is 1.55 bits per heavy atom. The molecular formula is C18H38O2. The Morgan fingerprint density at radius 3 is 2.10 bits per heavy atom. The maximum atomic E-state index is 9.87. The second-order valence-corrected chi connectivity index (χ2v) is 8.03. The Bertz CT molecular complexity index is 218. The Labute approximate surface area is 127 Å². The summed E-state index contributed by atoms with van der Waals surface area (Å²) in [7, 11) is 0. The van der Waals surface area contributed by atoms with E-state index < -0.39 is 6.29 Å². The molecule has 0 saturated heterocycles. The van der Waals surface area contributed by atoms with Gasteiger partial charge in [0.15, 0.2) is 6.29 Å². The molecule has 0 fully saturated rings. The van der Waals surface area contributed by atoms with Crippen LogP contribution in [0.25, 0.3) is 0 Å². The van der Waals surface area contributed by atoms with E-state index in [1.165, 1.54) is 25.7 Å². The van der Waals surface area contributed by atoms with Gasteiger partial charge in [0, 0.05) is 13.0 Å². The van der Waals surface area contributed by atoms with Crippen LogP contribution in [-0.2, 0) is 4.74 Å². The van der Waals surface area contributed by atoms with E-state index in [0.29, 0.717) is 17.9 Å². The van der Waals surface area contributed by atoms with E-state index >= 15 is 0 Å². The third-order valence-corrected chi connectivity index (χ3v) is 3.55. The van der Waals surface area contributed by atoms with Gasteiger partial charge in [0.25, 0.3) is 0 Å². The van der Waals surface area contributed by atoms with Crippen LogP contribution in [0.2, 0.25) is 0 Å². The standard InChI is InChI=1S/C18H38O2/c1-15(2)11-9-7-8-10-12-20-17(19)13-16(3)14-18(4,5)6/h15-17,19H,7-14H2,1-6H3. The molecule has 0 aromatic carbocycles. The Hall–Kier alpha value is -0.0800. The molecule has 0 aromatic heterocycles. The maximum Gasteiger partial charge on any atom is 0.154 e. The fourth-order valence-electron chi connectivity index (χ4n) is 2.77. The first-order valence-corrected chi connectivity index (χ1v) is 8.50. The zero-order chi connectivity index (χ0) is 15.6. The summed E-state index contributed by atoms with van der Waals surface area (Å²) >= 11 is 0. The van der Waals surface area contributed by atoms with Crippen LogP contribution in [0.5, 0.6) is 0 Å². The van der Waals surface area contributed by atoms with E-state index in [2.05, 4.69) is 41.5 Å². The topological polar surface area (TPSA) is 29.5 Å². The number of aliphatic hydroxyl groups is 1. The molecule has 2 nitrogen and oxygen atoms in total. The van der Waals surface area contributed by atoms with Gasteiger partial charge in [-0.2, -0.15) is 0 Å². The first kappa shape index (κ1) is 19.9. The highest BCUT2D eigenvalue weighted by atomic mass is 16.6. The van der Waals surface area contributed by atoms with Crippen molar-refractivity contribution in [3.63, 3.8) is 0 Å². The zero-order valence-corrected chi connectivity index (χ0v) is 14.7. The molecule has 0 spiro atoms. The Balaban J connectivity index is 3.47. The quantitative estimate of drug-likeness (QED) is 0.407. The molecule has 0 aliphatic rings. The average Bonchev–Trinajstić information content (AvgIpc) is 2.24. The highest BCUT2D eigenvalue weighted by molar-refractivity contribution is 4.67. The van der Waals surface area contributed by atoms with Crippen LogP contribution < -0.4 is 0 Å². The van der Waals surface area contributed by atoms with E-state index in [0.717, 1.165) is 25.2 Å².